The minimum atomic E-state index is -0.370. The minimum Gasteiger partial charge on any atom is -0.493 e. The fourth-order valence-electron chi connectivity index (χ4n) is 2.84. The van der Waals surface area contributed by atoms with E-state index in [0.29, 0.717) is 23.8 Å². The Kier molecular flexibility index (Phi) is 6.34. The van der Waals surface area contributed by atoms with Gasteiger partial charge in [-0.1, -0.05) is 24.3 Å². The van der Waals surface area contributed by atoms with Gasteiger partial charge < -0.3 is 23.9 Å². The normalized spacial score (nSPS) is 12.2. The summed E-state index contributed by atoms with van der Waals surface area (Å²) in [6, 6.07) is 15.1. The van der Waals surface area contributed by atoms with Crippen molar-refractivity contribution in [3.63, 3.8) is 0 Å². The third kappa shape index (κ3) is 4.53. The number of ether oxygens (including phenoxy) is 3. The fourth-order valence-corrected chi connectivity index (χ4v) is 2.84. The fraction of sp³-hybridized carbons (Fsp3) is 0.227. The van der Waals surface area contributed by atoms with Crippen molar-refractivity contribution in [1.82, 2.24) is 5.32 Å². The molecule has 1 amide bonds. The van der Waals surface area contributed by atoms with Crippen LogP contribution < -0.4 is 14.8 Å². The molecule has 0 aliphatic heterocycles. The van der Waals surface area contributed by atoms with Crippen LogP contribution in [0.2, 0.25) is 0 Å². The van der Waals surface area contributed by atoms with E-state index < -0.39 is 0 Å². The highest BCUT2D eigenvalue weighted by Crippen LogP contribution is 2.28. The molecule has 0 fully saturated rings. The summed E-state index contributed by atoms with van der Waals surface area (Å²) in [5.41, 5.74) is 1.62. The molecule has 3 aromatic rings. The van der Waals surface area contributed by atoms with Gasteiger partial charge in [0.05, 0.1) is 20.8 Å². The van der Waals surface area contributed by atoms with Crippen molar-refractivity contribution in [2.45, 2.75) is 6.10 Å². The van der Waals surface area contributed by atoms with Crippen molar-refractivity contribution in [3.05, 3.63) is 65.9 Å². The van der Waals surface area contributed by atoms with Crippen LogP contribution in [0.15, 0.2) is 59.0 Å². The molecule has 6 heteroatoms. The number of benzene rings is 2. The number of carbonyl (C=O) groups is 1. The Labute approximate surface area is 163 Å². The van der Waals surface area contributed by atoms with E-state index >= 15 is 0 Å². The predicted octanol–water partition coefficient (Wildman–Crippen LogP) is 3.97. The summed E-state index contributed by atoms with van der Waals surface area (Å²) in [6.07, 6.45) is 2.80. The summed E-state index contributed by atoms with van der Waals surface area (Å²) in [5.74, 6) is 1.69. The molecule has 146 valence electrons. The summed E-state index contributed by atoms with van der Waals surface area (Å²) >= 11 is 0. The average molecular weight is 381 g/mol. The summed E-state index contributed by atoms with van der Waals surface area (Å²) in [6.45, 7) is 0.297. The monoisotopic (exact) mass is 381 g/mol. The van der Waals surface area contributed by atoms with Crippen molar-refractivity contribution in [2.24, 2.45) is 0 Å². The van der Waals surface area contributed by atoms with Crippen molar-refractivity contribution in [3.8, 4) is 11.5 Å². The van der Waals surface area contributed by atoms with Gasteiger partial charge in [0.1, 0.15) is 17.4 Å². The molecule has 1 heterocycles. The molecule has 28 heavy (non-hydrogen) atoms. The SMILES string of the molecule is COc1ccc(/C=C/C(=O)NCC(OC)c2cc3ccccc3o2)cc1OC. The van der Waals surface area contributed by atoms with Gasteiger partial charge in [-0.2, -0.15) is 0 Å². The first-order chi connectivity index (χ1) is 13.6. The molecule has 0 aliphatic carbocycles. The molecule has 1 aromatic heterocycles. The number of para-hydroxylation sites is 1. The van der Waals surface area contributed by atoms with Crippen molar-refractivity contribution < 1.29 is 23.4 Å². The molecule has 0 saturated carbocycles. The van der Waals surface area contributed by atoms with Gasteiger partial charge in [-0.3, -0.25) is 4.79 Å². The van der Waals surface area contributed by atoms with E-state index in [4.69, 9.17) is 18.6 Å². The minimum absolute atomic E-state index is 0.229. The van der Waals surface area contributed by atoms with Crippen LogP contribution in [-0.4, -0.2) is 33.8 Å². The molecule has 1 unspecified atom stereocenters. The molecule has 0 bridgehead atoms. The second-order valence-corrected chi connectivity index (χ2v) is 6.10. The molecule has 0 aliphatic rings. The van der Waals surface area contributed by atoms with E-state index in [1.54, 1.807) is 39.5 Å². The number of hydrogen-bond donors (Lipinski definition) is 1. The molecule has 2 aromatic carbocycles. The summed E-state index contributed by atoms with van der Waals surface area (Å²) in [4.78, 5) is 12.2. The molecular formula is C22H23NO5. The maximum absolute atomic E-state index is 12.2. The Morgan fingerprint density at radius 2 is 1.86 bits per heavy atom. The van der Waals surface area contributed by atoms with Crippen molar-refractivity contribution in [1.29, 1.82) is 0 Å². The lowest BCUT2D eigenvalue weighted by molar-refractivity contribution is -0.117. The number of furan rings is 1. The Hall–Kier alpha value is -3.25. The number of rotatable bonds is 8. The molecule has 1 atom stereocenters. The van der Waals surface area contributed by atoms with Crippen LogP contribution in [0.4, 0.5) is 0 Å². The second kappa shape index (κ2) is 9.10. The largest absolute Gasteiger partial charge is 0.493 e. The van der Waals surface area contributed by atoms with E-state index in [9.17, 15) is 4.79 Å². The van der Waals surface area contributed by atoms with Crippen LogP contribution in [0.3, 0.4) is 0 Å². The third-order valence-corrected chi connectivity index (χ3v) is 4.34. The first-order valence-electron chi connectivity index (χ1n) is 8.83. The number of nitrogens with one attached hydrogen (secondary N) is 1. The zero-order chi connectivity index (χ0) is 19.9. The van der Waals surface area contributed by atoms with Crippen LogP contribution in [-0.2, 0) is 9.53 Å². The van der Waals surface area contributed by atoms with Crippen molar-refractivity contribution in [2.75, 3.05) is 27.9 Å². The van der Waals surface area contributed by atoms with Crippen LogP contribution in [0.1, 0.15) is 17.4 Å². The van der Waals surface area contributed by atoms with Crippen LogP contribution in [0.25, 0.3) is 17.0 Å². The molecule has 3 rings (SSSR count). The summed E-state index contributed by atoms with van der Waals surface area (Å²) in [5, 5.41) is 3.83. The molecule has 0 saturated heterocycles. The Morgan fingerprint density at radius 3 is 2.57 bits per heavy atom. The van der Waals surface area contributed by atoms with Crippen LogP contribution >= 0.6 is 0 Å². The number of amides is 1. The average Bonchev–Trinajstić information content (AvgIpc) is 3.16. The Balaban J connectivity index is 1.61. The molecule has 0 spiro atoms. The van der Waals surface area contributed by atoms with Gasteiger partial charge in [0.25, 0.3) is 0 Å². The maximum Gasteiger partial charge on any atom is 0.244 e. The summed E-state index contributed by atoms with van der Waals surface area (Å²) < 4.78 is 21.8. The lowest BCUT2D eigenvalue weighted by Gasteiger charge is -2.12. The molecule has 6 nitrogen and oxygen atoms in total. The van der Waals surface area contributed by atoms with Gasteiger partial charge >= 0.3 is 0 Å². The zero-order valence-electron chi connectivity index (χ0n) is 16.1. The number of fused-ring (bicyclic) bond motifs is 1. The molecule has 1 N–H and O–H groups in total. The standard InChI is InChI=1S/C22H23NO5/c1-25-18-10-8-15(12-19(18)26-2)9-11-22(24)23-14-21(27-3)20-13-16-6-4-5-7-17(16)28-20/h4-13,21H,14H2,1-3H3,(H,23,24)/b11-9+. The van der Waals surface area contributed by atoms with Gasteiger partial charge in [0, 0.05) is 18.6 Å². The van der Waals surface area contributed by atoms with E-state index in [0.717, 1.165) is 16.5 Å². The first kappa shape index (κ1) is 19.5. The predicted molar refractivity (Wildman–Crippen MR) is 108 cm³/mol. The van der Waals surface area contributed by atoms with Gasteiger partial charge in [-0.05, 0) is 35.9 Å². The van der Waals surface area contributed by atoms with E-state index in [2.05, 4.69) is 5.32 Å². The zero-order valence-corrected chi connectivity index (χ0v) is 16.1. The van der Waals surface area contributed by atoms with Gasteiger partial charge in [-0.15, -0.1) is 0 Å². The van der Waals surface area contributed by atoms with Gasteiger partial charge in [0.15, 0.2) is 11.5 Å². The maximum atomic E-state index is 12.2. The van der Waals surface area contributed by atoms with Gasteiger partial charge in [0.2, 0.25) is 5.91 Å². The summed E-state index contributed by atoms with van der Waals surface area (Å²) in [7, 11) is 4.74. The number of methoxy groups -OCH3 is 3. The lowest BCUT2D eigenvalue weighted by atomic mass is 10.2. The molecular weight excluding hydrogens is 358 g/mol. The van der Waals surface area contributed by atoms with E-state index in [1.165, 1.54) is 6.08 Å². The van der Waals surface area contributed by atoms with Crippen LogP contribution in [0, 0.1) is 0 Å². The smallest absolute Gasteiger partial charge is 0.244 e. The van der Waals surface area contributed by atoms with Crippen LogP contribution in [0.5, 0.6) is 11.5 Å². The number of carbonyl (C=O) groups excluding carboxylic acids is 1. The van der Waals surface area contributed by atoms with Gasteiger partial charge in [-0.25, -0.2) is 0 Å². The highest BCUT2D eigenvalue weighted by molar-refractivity contribution is 5.91. The Morgan fingerprint density at radius 1 is 1.07 bits per heavy atom. The highest BCUT2D eigenvalue weighted by atomic mass is 16.5. The lowest BCUT2D eigenvalue weighted by Crippen LogP contribution is -2.27. The number of hydrogen-bond acceptors (Lipinski definition) is 5. The first-order valence-corrected chi connectivity index (χ1v) is 8.83. The van der Waals surface area contributed by atoms with Crippen molar-refractivity contribution >= 4 is 23.0 Å². The third-order valence-electron chi connectivity index (χ3n) is 4.34. The molecule has 0 radical (unpaired) electrons. The van der Waals surface area contributed by atoms with E-state index in [1.807, 2.05) is 36.4 Å². The second-order valence-electron chi connectivity index (χ2n) is 6.10. The van der Waals surface area contributed by atoms with E-state index in [-0.39, 0.29) is 12.0 Å². The quantitative estimate of drug-likeness (QED) is 0.598. The topological polar surface area (TPSA) is 69.9 Å². The Bertz CT molecular complexity index is 943. The highest BCUT2D eigenvalue weighted by Gasteiger charge is 2.16.